The highest BCUT2D eigenvalue weighted by molar-refractivity contribution is 9.10. The zero-order valence-corrected chi connectivity index (χ0v) is 13.9. The molecule has 22 heavy (non-hydrogen) atoms. The molecule has 1 aliphatic rings. The first-order valence-electron chi connectivity index (χ1n) is 6.76. The van der Waals surface area contributed by atoms with Gasteiger partial charge in [-0.05, 0) is 45.8 Å². The van der Waals surface area contributed by atoms with E-state index in [4.69, 9.17) is 21.1 Å². The van der Waals surface area contributed by atoms with Crippen LogP contribution >= 0.6 is 27.5 Å². The average Bonchev–Trinajstić information content (AvgIpc) is 2.49. The number of fused-ring (bicyclic) bond motifs is 1. The highest BCUT2D eigenvalue weighted by atomic mass is 79.9. The van der Waals surface area contributed by atoms with E-state index in [9.17, 15) is 4.79 Å². The summed E-state index contributed by atoms with van der Waals surface area (Å²) >= 11 is 9.57. The van der Waals surface area contributed by atoms with E-state index in [1.807, 2.05) is 24.3 Å². The summed E-state index contributed by atoms with van der Waals surface area (Å²) in [5.74, 6) is 1.00. The number of para-hydroxylation sites is 1. The number of hydrogen-bond donors (Lipinski definition) is 1. The van der Waals surface area contributed by atoms with E-state index in [1.54, 1.807) is 12.1 Å². The van der Waals surface area contributed by atoms with Crippen molar-refractivity contribution < 1.29 is 14.3 Å². The number of hydrogen-bond acceptors (Lipinski definition) is 3. The molecule has 0 unspecified atom stereocenters. The molecule has 1 amide bonds. The Bertz CT molecular complexity index is 721. The second-order valence-electron chi connectivity index (χ2n) is 4.81. The molecule has 6 heteroatoms. The Morgan fingerprint density at radius 1 is 1.23 bits per heavy atom. The molecule has 4 nitrogen and oxygen atoms in total. The smallest absolute Gasteiger partial charge is 0.228 e. The molecule has 1 N–H and O–H groups in total. The van der Waals surface area contributed by atoms with Crippen LogP contribution in [0.5, 0.6) is 11.5 Å². The Balaban J connectivity index is 1.74. The molecule has 0 radical (unpaired) electrons. The van der Waals surface area contributed by atoms with E-state index in [1.165, 1.54) is 0 Å². The van der Waals surface area contributed by atoms with E-state index in [0.717, 1.165) is 15.7 Å². The molecule has 0 saturated carbocycles. The summed E-state index contributed by atoms with van der Waals surface area (Å²) in [4.78, 5) is 12.2. The van der Waals surface area contributed by atoms with Gasteiger partial charge in [-0.1, -0.05) is 23.7 Å². The fourth-order valence-corrected chi connectivity index (χ4v) is 2.88. The number of rotatable bonds is 3. The normalized spacial score (nSPS) is 12.8. The Labute approximate surface area is 141 Å². The van der Waals surface area contributed by atoms with Crippen LogP contribution in [0.2, 0.25) is 5.02 Å². The van der Waals surface area contributed by atoms with E-state index in [-0.39, 0.29) is 12.3 Å². The minimum Gasteiger partial charge on any atom is -0.486 e. The summed E-state index contributed by atoms with van der Waals surface area (Å²) in [6, 6.07) is 11.0. The minimum absolute atomic E-state index is 0.125. The fraction of sp³-hybridized carbons (Fsp3) is 0.188. The molecule has 3 rings (SSSR count). The lowest BCUT2D eigenvalue weighted by molar-refractivity contribution is -0.115. The maximum Gasteiger partial charge on any atom is 0.228 e. The van der Waals surface area contributed by atoms with Crippen molar-refractivity contribution in [2.75, 3.05) is 18.5 Å². The molecule has 0 aliphatic carbocycles. The van der Waals surface area contributed by atoms with Gasteiger partial charge < -0.3 is 14.8 Å². The van der Waals surface area contributed by atoms with Crippen molar-refractivity contribution >= 4 is 39.1 Å². The molecule has 114 valence electrons. The minimum atomic E-state index is -0.125. The maximum absolute atomic E-state index is 12.2. The number of halogens is 2. The molecule has 0 atom stereocenters. The Hall–Kier alpha value is -1.72. The molecular weight excluding hydrogens is 370 g/mol. The number of nitrogens with one attached hydrogen (secondary N) is 1. The average molecular weight is 383 g/mol. The van der Waals surface area contributed by atoms with Gasteiger partial charge in [-0.2, -0.15) is 0 Å². The van der Waals surface area contributed by atoms with Gasteiger partial charge in [-0.25, -0.2) is 0 Å². The van der Waals surface area contributed by atoms with Crippen molar-refractivity contribution in [2.24, 2.45) is 0 Å². The SMILES string of the molecule is O=C(Cc1cc(Cl)c2c(c1)OCCO2)Nc1ccccc1Br. The summed E-state index contributed by atoms with van der Waals surface area (Å²) in [5, 5.41) is 3.32. The number of carbonyl (C=O) groups is 1. The molecule has 0 bridgehead atoms. The number of amides is 1. The van der Waals surface area contributed by atoms with Gasteiger partial charge >= 0.3 is 0 Å². The van der Waals surface area contributed by atoms with Crippen LogP contribution in [0.25, 0.3) is 0 Å². The first-order chi connectivity index (χ1) is 10.6. The molecule has 0 spiro atoms. The Morgan fingerprint density at radius 2 is 2.00 bits per heavy atom. The van der Waals surface area contributed by atoms with Gasteiger partial charge in [0.25, 0.3) is 0 Å². The summed E-state index contributed by atoms with van der Waals surface area (Å²) in [5.41, 5.74) is 1.51. The predicted molar refractivity (Wildman–Crippen MR) is 88.9 cm³/mol. The molecular formula is C16H13BrClNO3. The second kappa shape index (κ2) is 6.58. The molecule has 0 aromatic heterocycles. The standard InChI is InChI=1S/C16H13BrClNO3/c17-11-3-1-2-4-13(11)19-15(20)9-10-7-12(18)16-14(8-10)21-5-6-22-16/h1-4,7-8H,5-6,9H2,(H,19,20). The van der Waals surface area contributed by atoms with Gasteiger partial charge in [0, 0.05) is 4.47 Å². The number of benzene rings is 2. The van der Waals surface area contributed by atoms with Crippen LogP contribution in [-0.4, -0.2) is 19.1 Å². The summed E-state index contributed by atoms with van der Waals surface area (Å²) in [6.45, 7) is 0.963. The van der Waals surface area contributed by atoms with Crippen molar-refractivity contribution in [1.29, 1.82) is 0 Å². The van der Waals surface area contributed by atoms with Gasteiger partial charge in [0.05, 0.1) is 17.1 Å². The van der Waals surface area contributed by atoms with Crippen molar-refractivity contribution in [2.45, 2.75) is 6.42 Å². The van der Waals surface area contributed by atoms with Crippen molar-refractivity contribution in [3.05, 3.63) is 51.5 Å². The van der Waals surface area contributed by atoms with Gasteiger partial charge in [0.15, 0.2) is 11.5 Å². The summed E-state index contributed by atoms with van der Waals surface area (Å²) in [7, 11) is 0. The Morgan fingerprint density at radius 3 is 2.82 bits per heavy atom. The quantitative estimate of drug-likeness (QED) is 0.871. The summed E-state index contributed by atoms with van der Waals surface area (Å²) < 4.78 is 11.8. The first-order valence-corrected chi connectivity index (χ1v) is 7.93. The molecule has 2 aromatic carbocycles. The zero-order chi connectivity index (χ0) is 15.5. The van der Waals surface area contributed by atoms with Crippen LogP contribution < -0.4 is 14.8 Å². The second-order valence-corrected chi connectivity index (χ2v) is 6.07. The Kier molecular flexibility index (Phi) is 4.55. The van der Waals surface area contributed by atoms with Gasteiger partial charge in [0.2, 0.25) is 5.91 Å². The third-order valence-electron chi connectivity index (χ3n) is 3.17. The van der Waals surface area contributed by atoms with Gasteiger partial charge in [0.1, 0.15) is 13.2 Å². The number of carbonyl (C=O) groups excluding carboxylic acids is 1. The molecule has 0 saturated heterocycles. The number of anilines is 1. The van der Waals surface area contributed by atoms with Crippen molar-refractivity contribution in [3.8, 4) is 11.5 Å². The van der Waals surface area contributed by atoms with E-state index < -0.39 is 0 Å². The first kappa shape index (κ1) is 15.2. The third kappa shape index (κ3) is 3.36. The zero-order valence-electron chi connectivity index (χ0n) is 11.6. The maximum atomic E-state index is 12.2. The van der Waals surface area contributed by atoms with Crippen LogP contribution in [0.1, 0.15) is 5.56 Å². The molecule has 1 aliphatic heterocycles. The van der Waals surface area contributed by atoms with Crippen molar-refractivity contribution in [3.63, 3.8) is 0 Å². The van der Waals surface area contributed by atoms with Gasteiger partial charge in [-0.3, -0.25) is 4.79 Å². The largest absolute Gasteiger partial charge is 0.486 e. The molecule has 2 aromatic rings. The lowest BCUT2D eigenvalue weighted by Crippen LogP contribution is -2.17. The van der Waals surface area contributed by atoms with Crippen LogP contribution in [0, 0.1) is 0 Å². The highest BCUT2D eigenvalue weighted by Gasteiger charge is 2.17. The predicted octanol–water partition coefficient (Wildman–Crippen LogP) is 4.05. The highest BCUT2D eigenvalue weighted by Crippen LogP contribution is 2.38. The van der Waals surface area contributed by atoms with E-state index >= 15 is 0 Å². The van der Waals surface area contributed by atoms with E-state index in [2.05, 4.69) is 21.2 Å². The van der Waals surface area contributed by atoms with Gasteiger partial charge in [-0.15, -0.1) is 0 Å². The summed E-state index contributed by atoms with van der Waals surface area (Å²) in [6.07, 6.45) is 0.206. The van der Waals surface area contributed by atoms with Crippen LogP contribution in [0.3, 0.4) is 0 Å². The third-order valence-corrected chi connectivity index (χ3v) is 4.14. The monoisotopic (exact) mass is 381 g/mol. The van der Waals surface area contributed by atoms with E-state index in [0.29, 0.717) is 29.7 Å². The number of ether oxygens (including phenoxy) is 2. The lowest BCUT2D eigenvalue weighted by Gasteiger charge is -2.20. The van der Waals surface area contributed by atoms with Crippen LogP contribution in [0.4, 0.5) is 5.69 Å². The van der Waals surface area contributed by atoms with Crippen molar-refractivity contribution in [1.82, 2.24) is 0 Å². The fourth-order valence-electron chi connectivity index (χ4n) is 2.21. The topological polar surface area (TPSA) is 47.6 Å². The van der Waals surface area contributed by atoms with Crippen LogP contribution in [-0.2, 0) is 11.2 Å². The molecule has 0 fully saturated rings. The lowest BCUT2D eigenvalue weighted by atomic mass is 10.1. The van der Waals surface area contributed by atoms with Crippen LogP contribution in [0.15, 0.2) is 40.9 Å². The molecule has 1 heterocycles.